The third-order valence-electron chi connectivity index (χ3n) is 1.45. The van der Waals surface area contributed by atoms with E-state index in [2.05, 4.69) is 4.74 Å². The molecule has 0 saturated carbocycles. The molecule has 0 bridgehead atoms. The van der Waals surface area contributed by atoms with Crippen molar-refractivity contribution in [3.05, 3.63) is 0 Å². The van der Waals surface area contributed by atoms with Crippen molar-refractivity contribution in [2.75, 3.05) is 0 Å². The van der Waals surface area contributed by atoms with Crippen LogP contribution < -0.4 is 5.73 Å². The van der Waals surface area contributed by atoms with Crippen molar-refractivity contribution in [1.29, 1.82) is 0 Å². The lowest BCUT2D eigenvalue weighted by Gasteiger charge is -2.07. The molecule has 0 amide bonds. The highest BCUT2D eigenvalue weighted by Crippen LogP contribution is 1.97. The third kappa shape index (κ3) is 6.49. The normalized spacial score (nSPS) is 11.6. The number of carbonyl (C=O) groups is 4. The maximum absolute atomic E-state index is 11.0. The summed E-state index contributed by atoms with van der Waals surface area (Å²) in [6.45, 7) is 0. The summed E-state index contributed by atoms with van der Waals surface area (Å²) < 4.78 is 4.13. The first-order valence-electron chi connectivity index (χ1n) is 4.26. The van der Waals surface area contributed by atoms with Crippen LogP contribution in [0.15, 0.2) is 0 Å². The number of carboxylic acid groups (broad SMARTS) is 2. The van der Waals surface area contributed by atoms with Crippen molar-refractivity contribution >= 4 is 23.9 Å². The maximum Gasteiger partial charge on any atom is 0.331 e. The first kappa shape index (κ1) is 14.0. The second-order valence-corrected chi connectivity index (χ2v) is 2.89. The molecule has 0 aromatic heterocycles. The summed E-state index contributed by atoms with van der Waals surface area (Å²) in [6, 6.07) is -1.44. The van der Waals surface area contributed by atoms with Gasteiger partial charge in [0, 0.05) is 0 Å². The Morgan fingerprint density at radius 2 is 1.62 bits per heavy atom. The molecule has 0 fully saturated rings. The minimum atomic E-state index is -1.44. The molecule has 16 heavy (non-hydrogen) atoms. The molecule has 4 N–H and O–H groups in total. The molecule has 8 heteroatoms. The predicted molar refractivity (Wildman–Crippen MR) is 48.2 cm³/mol. The van der Waals surface area contributed by atoms with Crippen LogP contribution in [0, 0.1) is 0 Å². The molecule has 0 aliphatic carbocycles. The van der Waals surface area contributed by atoms with E-state index in [4.69, 9.17) is 15.9 Å². The summed E-state index contributed by atoms with van der Waals surface area (Å²) in [6.07, 6.45) is -1.60. The van der Waals surface area contributed by atoms with Gasteiger partial charge in [0.2, 0.25) is 0 Å². The molecule has 0 heterocycles. The average molecular weight is 233 g/mol. The number of hydrogen-bond acceptors (Lipinski definition) is 6. The lowest BCUT2D eigenvalue weighted by molar-refractivity contribution is -0.163. The minimum Gasteiger partial charge on any atom is -0.481 e. The van der Waals surface area contributed by atoms with Gasteiger partial charge in [0.1, 0.15) is 6.04 Å². The number of hydrogen-bond donors (Lipinski definition) is 3. The van der Waals surface area contributed by atoms with Gasteiger partial charge in [-0.3, -0.25) is 14.4 Å². The van der Waals surface area contributed by atoms with Crippen molar-refractivity contribution in [3.63, 3.8) is 0 Å². The summed E-state index contributed by atoms with van der Waals surface area (Å²) in [5.74, 6) is -4.74. The molecule has 0 radical (unpaired) electrons. The van der Waals surface area contributed by atoms with Gasteiger partial charge in [0.05, 0.1) is 19.3 Å². The summed E-state index contributed by atoms with van der Waals surface area (Å²) in [4.78, 5) is 42.0. The van der Waals surface area contributed by atoms with Crippen LogP contribution in [0.4, 0.5) is 0 Å². The van der Waals surface area contributed by atoms with Crippen molar-refractivity contribution in [3.8, 4) is 0 Å². The largest absolute Gasteiger partial charge is 0.481 e. The number of rotatable bonds is 6. The number of nitrogens with two attached hydrogens (primary N) is 1. The Morgan fingerprint density at radius 1 is 1.06 bits per heavy atom. The minimum absolute atomic E-state index is 0.471. The first-order chi connectivity index (χ1) is 7.32. The highest BCUT2D eigenvalue weighted by Gasteiger charge is 2.21. The van der Waals surface area contributed by atoms with E-state index in [1.807, 2.05) is 0 Å². The zero-order chi connectivity index (χ0) is 12.7. The number of ether oxygens (including phenoxy) is 1. The molecule has 0 rings (SSSR count). The quantitative estimate of drug-likeness (QED) is 0.380. The summed E-state index contributed by atoms with van der Waals surface area (Å²) in [5, 5.41) is 16.5. The number of esters is 2. The van der Waals surface area contributed by atoms with Gasteiger partial charge in [0.15, 0.2) is 0 Å². The fourth-order valence-corrected chi connectivity index (χ4v) is 0.719. The van der Waals surface area contributed by atoms with E-state index in [-0.39, 0.29) is 0 Å². The smallest absolute Gasteiger partial charge is 0.331 e. The molecule has 0 aliphatic rings. The molecule has 0 saturated heterocycles. The maximum atomic E-state index is 11.0. The highest BCUT2D eigenvalue weighted by molar-refractivity contribution is 5.91. The standard InChI is InChI=1S/C8H11NO7/c9-4(3-6(12)13)8(15)16-7(14)2-1-5(10)11/h4H,1-3,9H2,(H,10,11)(H,12,13)/t4-/m0/s1. The zero-order valence-electron chi connectivity index (χ0n) is 8.21. The fourth-order valence-electron chi connectivity index (χ4n) is 0.719. The Hall–Kier alpha value is -1.96. The van der Waals surface area contributed by atoms with Gasteiger partial charge in [-0.25, -0.2) is 4.79 Å². The van der Waals surface area contributed by atoms with E-state index < -0.39 is 49.2 Å². The summed E-state index contributed by atoms with van der Waals surface area (Å²) in [5.41, 5.74) is 5.10. The van der Waals surface area contributed by atoms with Crippen LogP contribution in [0.5, 0.6) is 0 Å². The molecule has 1 atom stereocenters. The van der Waals surface area contributed by atoms with Crippen LogP contribution >= 0.6 is 0 Å². The Bertz CT molecular complexity index is 312. The van der Waals surface area contributed by atoms with E-state index in [9.17, 15) is 19.2 Å². The van der Waals surface area contributed by atoms with E-state index in [0.29, 0.717) is 0 Å². The van der Waals surface area contributed by atoms with Gasteiger partial charge in [-0.2, -0.15) is 0 Å². The summed E-state index contributed by atoms with van der Waals surface area (Å²) in [7, 11) is 0. The summed E-state index contributed by atoms with van der Waals surface area (Å²) >= 11 is 0. The second kappa shape index (κ2) is 6.51. The van der Waals surface area contributed by atoms with Crippen LogP contribution in [-0.2, 0) is 23.9 Å². The SMILES string of the molecule is N[C@@H](CC(=O)O)C(=O)OC(=O)CCC(=O)O. The van der Waals surface area contributed by atoms with Gasteiger partial charge in [0.25, 0.3) is 0 Å². The number of aliphatic carboxylic acids is 2. The van der Waals surface area contributed by atoms with Crippen molar-refractivity contribution < 1.29 is 34.1 Å². The van der Waals surface area contributed by atoms with Crippen molar-refractivity contribution in [2.45, 2.75) is 25.3 Å². The molecule has 0 spiro atoms. The Morgan fingerprint density at radius 3 is 2.06 bits per heavy atom. The molecule has 0 aromatic rings. The Balaban J connectivity index is 3.99. The van der Waals surface area contributed by atoms with E-state index in [0.717, 1.165) is 0 Å². The number of carbonyl (C=O) groups excluding carboxylic acids is 2. The van der Waals surface area contributed by atoms with Gasteiger partial charge in [-0.05, 0) is 0 Å². The third-order valence-corrected chi connectivity index (χ3v) is 1.45. The molecule has 90 valence electrons. The van der Waals surface area contributed by atoms with E-state index >= 15 is 0 Å². The van der Waals surface area contributed by atoms with Gasteiger partial charge in [-0.15, -0.1) is 0 Å². The lowest BCUT2D eigenvalue weighted by Crippen LogP contribution is -2.35. The van der Waals surface area contributed by atoms with Crippen LogP contribution in [0.25, 0.3) is 0 Å². The molecule has 0 unspecified atom stereocenters. The van der Waals surface area contributed by atoms with E-state index in [1.54, 1.807) is 0 Å². The predicted octanol–water partition coefficient (Wildman–Crippen LogP) is -1.28. The molecule has 0 aromatic carbocycles. The Labute approximate surface area is 90.0 Å². The van der Waals surface area contributed by atoms with Gasteiger partial charge in [-0.1, -0.05) is 0 Å². The second-order valence-electron chi connectivity index (χ2n) is 2.89. The molecular formula is C8H11NO7. The van der Waals surface area contributed by atoms with Gasteiger partial charge >= 0.3 is 23.9 Å². The lowest BCUT2D eigenvalue weighted by atomic mass is 10.2. The first-order valence-corrected chi connectivity index (χ1v) is 4.26. The topological polar surface area (TPSA) is 144 Å². The highest BCUT2D eigenvalue weighted by atomic mass is 16.6. The number of carboxylic acids is 2. The average Bonchev–Trinajstić information content (AvgIpc) is 2.13. The molecule has 8 nitrogen and oxygen atoms in total. The monoisotopic (exact) mass is 233 g/mol. The zero-order valence-corrected chi connectivity index (χ0v) is 8.21. The fraction of sp³-hybridized carbons (Fsp3) is 0.500. The van der Waals surface area contributed by atoms with E-state index in [1.165, 1.54) is 0 Å². The van der Waals surface area contributed by atoms with Crippen molar-refractivity contribution in [2.24, 2.45) is 5.73 Å². The molecular weight excluding hydrogens is 222 g/mol. The van der Waals surface area contributed by atoms with Crippen LogP contribution in [0.1, 0.15) is 19.3 Å². The molecule has 0 aliphatic heterocycles. The van der Waals surface area contributed by atoms with Crippen LogP contribution in [0.2, 0.25) is 0 Å². The van der Waals surface area contributed by atoms with Crippen molar-refractivity contribution in [1.82, 2.24) is 0 Å². The van der Waals surface area contributed by atoms with Gasteiger partial charge < -0.3 is 20.7 Å². The van der Waals surface area contributed by atoms with Crippen LogP contribution in [-0.4, -0.2) is 40.1 Å². The van der Waals surface area contributed by atoms with Crippen LogP contribution in [0.3, 0.4) is 0 Å². The Kier molecular flexibility index (Phi) is 5.71.